The number of nitrogens with two attached hydrogens (primary N) is 1. The molecular weight excluding hydrogens is 398 g/mol. The van der Waals surface area contributed by atoms with E-state index >= 15 is 0 Å². The lowest BCUT2D eigenvalue weighted by Gasteiger charge is -2.41. The molecule has 1 atom stereocenters. The summed E-state index contributed by atoms with van der Waals surface area (Å²) in [5, 5.41) is 0. The number of likely N-dealkylation sites (N-methyl/N-ethyl adjacent to an activating group) is 1. The lowest BCUT2D eigenvalue weighted by molar-refractivity contribution is 0.155. The maximum atomic E-state index is 5.64. The van der Waals surface area contributed by atoms with Gasteiger partial charge < -0.3 is 10.6 Å². The number of anilines is 1. The van der Waals surface area contributed by atoms with Crippen molar-refractivity contribution >= 4 is 28.6 Å². The fraction of sp³-hybridized carbons (Fsp3) is 0.600. The molecule has 3 fully saturated rings. The van der Waals surface area contributed by atoms with Crippen LogP contribution in [0.15, 0.2) is 34.4 Å². The van der Waals surface area contributed by atoms with E-state index in [4.69, 9.17) is 20.7 Å². The third-order valence-electron chi connectivity index (χ3n) is 8.11. The van der Waals surface area contributed by atoms with Gasteiger partial charge in [0.25, 0.3) is 0 Å². The minimum atomic E-state index is 0.0584. The van der Waals surface area contributed by atoms with Gasteiger partial charge in [0.1, 0.15) is 17.6 Å². The number of rotatable bonds is 6. The molecule has 4 aliphatic rings. The molecule has 2 N–H and O–H groups in total. The zero-order valence-electron chi connectivity index (χ0n) is 19.0. The molecule has 2 aliphatic heterocycles. The number of hydrogen-bond acceptors (Lipinski definition) is 7. The van der Waals surface area contributed by atoms with Crippen molar-refractivity contribution < 1.29 is 0 Å². The minimum absolute atomic E-state index is 0.0584. The normalized spacial score (nSPS) is 28.9. The second-order valence-corrected chi connectivity index (χ2v) is 10.2. The molecule has 3 heterocycles. The zero-order chi connectivity index (χ0) is 21.7. The predicted octanol–water partition coefficient (Wildman–Crippen LogP) is 2.88. The van der Waals surface area contributed by atoms with Crippen LogP contribution in [0.1, 0.15) is 44.2 Å². The SMILES string of the molecule is CN1CCN(c2ccc3ncc(C4=NC(C5CC(CCCN)C5)N=C4)nc3c2)CC12CC2. The third kappa shape index (κ3) is 3.61. The van der Waals surface area contributed by atoms with Crippen LogP contribution in [0, 0.1) is 11.8 Å². The molecular formula is C25H33N7. The Morgan fingerprint density at radius 1 is 1.16 bits per heavy atom. The highest BCUT2D eigenvalue weighted by Crippen LogP contribution is 2.44. The van der Waals surface area contributed by atoms with Crippen LogP contribution in [-0.4, -0.2) is 71.7 Å². The molecule has 1 unspecified atom stereocenters. The van der Waals surface area contributed by atoms with E-state index in [0.717, 1.165) is 61.0 Å². The summed E-state index contributed by atoms with van der Waals surface area (Å²) in [6, 6.07) is 6.49. The Kier molecular flexibility index (Phi) is 4.99. The van der Waals surface area contributed by atoms with Gasteiger partial charge in [-0.3, -0.25) is 19.9 Å². The van der Waals surface area contributed by atoms with E-state index < -0.39 is 0 Å². The lowest BCUT2D eigenvalue weighted by Crippen LogP contribution is -2.53. The summed E-state index contributed by atoms with van der Waals surface area (Å²) in [4.78, 5) is 24.3. The van der Waals surface area contributed by atoms with E-state index in [1.54, 1.807) is 0 Å². The Morgan fingerprint density at radius 3 is 2.84 bits per heavy atom. The van der Waals surface area contributed by atoms with Gasteiger partial charge in [-0.15, -0.1) is 0 Å². The molecule has 0 amide bonds. The van der Waals surface area contributed by atoms with Crippen LogP contribution < -0.4 is 10.6 Å². The summed E-state index contributed by atoms with van der Waals surface area (Å²) in [6.07, 6.45) is 11.2. The number of piperazine rings is 1. The average molecular weight is 432 g/mol. The van der Waals surface area contributed by atoms with Crippen LogP contribution in [0.25, 0.3) is 11.0 Å². The second kappa shape index (κ2) is 7.89. The highest BCUT2D eigenvalue weighted by atomic mass is 15.3. The fourth-order valence-corrected chi connectivity index (χ4v) is 5.68. The number of hydrogen-bond donors (Lipinski definition) is 1. The summed E-state index contributed by atoms with van der Waals surface area (Å²) in [5.74, 6) is 1.37. The first-order valence-electron chi connectivity index (χ1n) is 12.2. The van der Waals surface area contributed by atoms with Crippen LogP contribution in [0.4, 0.5) is 5.69 Å². The highest BCUT2D eigenvalue weighted by molar-refractivity contribution is 6.38. The molecule has 1 spiro atoms. The van der Waals surface area contributed by atoms with Crippen molar-refractivity contribution in [3.63, 3.8) is 0 Å². The molecule has 32 heavy (non-hydrogen) atoms. The average Bonchev–Trinajstić information content (AvgIpc) is 3.39. The number of nitrogens with zero attached hydrogens (tertiary/aromatic N) is 6. The van der Waals surface area contributed by atoms with E-state index in [1.807, 2.05) is 12.4 Å². The Morgan fingerprint density at radius 2 is 2.03 bits per heavy atom. The molecule has 1 aromatic carbocycles. The molecule has 7 nitrogen and oxygen atoms in total. The standard InChI is InChI=1S/C25H33N7/c1-31-9-10-32(16-25(31)6-7-25)19-4-5-20-21(13-19)29-22(14-27-20)23-15-28-24(30-23)18-11-17(12-18)3-2-8-26/h4-5,13-15,17-18,24H,2-3,6-12,16,26H2,1H3. The number of aliphatic imine (C=N–C) groups is 2. The van der Waals surface area contributed by atoms with Crippen molar-refractivity contribution in [2.24, 2.45) is 27.6 Å². The van der Waals surface area contributed by atoms with Crippen molar-refractivity contribution in [1.29, 1.82) is 0 Å². The Bertz CT molecular complexity index is 1070. The number of benzene rings is 1. The monoisotopic (exact) mass is 431 g/mol. The largest absolute Gasteiger partial charge is 0.368 e. The molecule has 6 rings (SSSR count). The van der Waals surface area contributed by atoms with Gasteiger partial charge in [-0.1, -0.05) is 0 Å². The molecule has 1 aromatic heterocycles. The van der Waals surface area contributed by atoms with Gasteiger partial charge in [-0.25, -0.2) is 4.98 Å². The van der Waals surface area contributed by atoms with E-state index in [2.05, 4.69) is 40.0 Å². The first kappa shape index (κ1) is 20.2. The lowest BCUT2D eigenvalue weighted by atomic mass is 9.71. The van der Waals surface area contributed by atoms with Crippen LogP contribution in [0.3, 0.4) is 0 Å². The van der Waals surface area contributed by atoms with Gasteiger partial charge in [0.2, 0.25) is 0 Å². The molecule has 0 bridgehead atoms. The van der Waals surface area contributed by atoms with E-state index in [9.17, 15) is 0 Å². The van der Waals surface area contributed by atoms with E-state index in [-0.39, 0.29) is 6.17 Å². The summed E-state index contributed by atoms with van der Waals surface area (Å²) in [6.45, 7) is 4.08. The van der Waals surface area contributed by atoms with Crippen LogP contribution in [-0.2, 0) is 0 Å². The smallest absolute Gasteiger partial charge is 0.143 e. The van der Waals surface area contributed by atoms with E-state index in [1.165, 1.54) is 37.8 Å². The molecule has 1 saturated heterocycles. The zero-order valence-corrected chi connectivity index (χ0v) is 19.0. The van der Waals surface area contributed by atoms with Crippen LogP contribution in [0.2, 0.25) is 0 Å². The van der Waals surface area contributed by atoms with Crippen LogP contribution >= 0.6 is 0 Å². The Balaban J connectivity index is 1.18. The molecule has 2 aliphatic carbocycles. The molecule has 168 valence electrons. The number of fused-ring (bicyclic) bond motifs is 1. The Labute approximate surface area is 189 Å². The van der Waals surface area contributed by atoms with Crippen molar-refractivity contribution in [3.05, 3.63) is 30.1 Å². The van der Waals surface area contributed by atoms with Crippen molar-refractivity contribution in [1.82, 2.24) is 14.9 Å². The minimum Gasteiger partial charge on any atom is -0.368 e. The molecule has 2 aromatic rings. The summed E-state index contributed by atoms with van der Waals surface area (Å²) >= 11 is 0. The first-order chi connectivity index (χ1) is 15.6. The maximum Gasteiger partial charge on any atom is 0.143 e. The van der Waals surface area contributed by atoms with Crippen LogP contribution in [0.5, 0.6) is 0 Å². The fourth-order valence-electron chi connectivity index (χ4n) is 5.68. The van der Waals surface area contributed by atoms with Gasteiger partial charge in [-0.2, -0.15) is 0 Å². The van der Waals surface area contributed by atoms with Gasteiger partial charge in [0.15, 0.2) is 0 Å². The molecule has 0 radical (unpaired) electrons. The Hall–Kier alpha value is -2.38. The van der Waals surface area contributed by atoms with Gasteiger partial charge in [0.05, 0.1) is 23.4 Å². The van der Waals surface area contributed by atoms with Gasteiger partial charge >= 0.3 is 0 Å². The third-order valence-corrected chi connectivity index (χ3v) is 8.11. The first-order valence-corrected chi connectivity index (χ1v) is 12.2. The van der Waals surface area contributed by atoms with Gasteiger partial charge in [-0.05, 0) is 76.2 Å². The van der Waals surface area contributed by atoms with Crippen molar-refractivity contribution in [2.75, 3.05) is 38.1 Å². The van der Waals surface area contributed by atoms with Crippen molar-refractivity contribution in [2.45, 2.75) is 50.2 Å². The molecule has 2 saturated carbocycles. The predicted molar refractivity (Wildman–Crippen MR) is 130 cm³/mol. The quantitative estimate of drug-likeness (QED) is 0.760. The summed E-state index contributed by atoms with van der Waals surface area (Å²) in [5.41, 5.74) is 10.9. The van der Waals surface area contributed by atoms with Gasteiger partial charge in [0, 0.05) is 36.8 Å². The van der Waals surface area contributed by atoms with Crippen molar-refractivity contribution in [3.8, 4) is 0 Å². The summed E-state index contributed by atoms with van der Waals surface area (Å²) in [7, 11) is 2.27. The molecule has 7 heteroatoms. The van der Waals surface area contributed by atoms with E-state index in [0.29, 0.717) is 11.5 Å². The number of aromatic nitrogens is 2. The second-order valence-electron chi connectivity index (χ2n) is 10.2. The topological polar surface area (TPSA) is 83.0 Å². The maximum absolute atomic E-state index is 5.64. The summed E-state index contributed by atoms with van der Waals surface area (Å²) < 4.78 is 0. The highest BCUT2D eigenvalue weighted by Gasteiger charge is 2.49.